The maximum absolute atomic E-state index is 13.9. The number of nitrogens with one attached hydrogen (secondary N) is 1. The second kappa shape index (κ2) is 8.17. The second-order valence-electron chi connectivity index (χ2n) is 6.38. The van der Waals surface area contributed by atoms with Gasteiger partial charge in [0.15, 0.2) is 11.6 Å². The lowest BCUT2D eigenvalue weighted by Gasteiger charge is -2.18. The number of anilines is 1. The molecular weight excluding hydrogens is 423 g/mol. The summed E-state index contributed by atoms with van der Waals surface area (Å²) in [4.78, 5) is -0.399. The fourth-order valence-corrected chi connectivity index (χ4v) is 5.64. The average molecular weight is 445 g/mol. The Labute approximate surface area is 169 Å². The van der Waals surface area contributed by atoms with Gasteiger partial charge >= 0.3 is 0 Å². The van der Waals surface area contributed by atoms with Crippen LogP contribution in [0.25, 0.3) is 0 Å². The van der Waals surface area contributed by atoms with Gasteiger partial charge in [0.1, 0.15) is 5.75 Å². The molecule has 3 rings (SSSR count). The lowest BCUT2D eigenvalue weighted by molar-refractivity contribution is 0.385. The molecule has 2 aromatic carbocycles. The number of ether oxygens (including phenoxy) is 2. The molecule has 0 saturated carbocycles. The standard InChI is InChI=1S/C18H21FN2O6S2/c1-26-17-7-5-13(11-15(17)19)28(22,23)20-16-12-14(6-8-18(16)27-2)29(24,25)21-9-3-4-10-21/h5-8,11-12,20H,3-4,9-10H2,1-2H3. The van der Waals surface area contributed by atoms with Crippen LogP contribution in [0.5, 0.6) is 11.5 Å². The molecule has 158 valence electrons. The van der Waals surface area contributed by atoms with E-state index in [4.69, 9.17) is 9.47 Å². The van der Waals surface area contributed by atoms with Crippen LogP contribution < -0.4 is 14.2 Å². The summed E-state index contributed by atoms with van der Waals surface area (Å²) in [6.07, 6.45) is 1.55. The molecule has 0 aromatic heterocycles. The van der Waals surface area contributed by atoms with Gasteiger partial charge in [-0.05, 0) is 49.2 Å². The van der Waals surface area contributed by atoms with Gasteiger partial charge in [-0.25, -0.2) is 21.2 Å². The predicted octanol–water partition coefficient (Wildman–Crippen LogP) is 2.43. The van der Waals surface area contributed by atoms with Crippen molar-refractivity contribution in [2.75, 3.05) is 32.0 Å². The number of methoxy groups -OCH3 is 2. The molecule has 11 heteroatoms. The Balaban J connectivity index is 1.98. The highest BCUT2D eigenvalue weighted by Gasteiger charge is 2.28. The number of sulfonamides is 2. The minimum Gasteiger partial charge on any atom is -0.495 e. The van der Waals surface area contributed by atoms with E-state index in [9.17, 15) is 21.2 Å². The molecule has 0 aliphatic carbocycles. The summed E-state index contributed by atoms with van der Waals surface area (Å²) >= 11 is 0. The maximum atomic E-state index is 13.9. The summed E-state index contributed by atoms with van der Waals surface area (Å²) < 4.78 is 78.5. The monoisotopic (exact) mass is 444 g/mol. The van der Waals surface area contributed by atoms with E-state index in [2.05, 4.69) is 4.72 Å². The Bertz CT molecular complexity index is 1110. The first-order valence-electron chi connectivity index (χ1n) is 8.73. The number of benzene rings is 2. The average Bonchev–Trinajstić information content (AvgIpc) is 3.23. The van der Waals surface area contributed by atoms with E-state index in [0.29, 0.717) is 13.1 Å². The smallest absolute Gasteiger partial charge is 0.262 e. The van der Waals surface area contributed by atoms with Gasteiger partial charge in [0.25, 0.3) is 10.0 Å². The molecule has 8 nitrogen and oxygen atoms in total. The molecule has 1 aliphatic rings. The summed E-state index contributed by atoms with van der Waals surface area (Å²) in [5, 5.41) is 0. The van der Waals surface area contributed by atoms with E-state index >= 15 is 0 Å². The molecular formula is C18H21FN2O6S2. The molecule has 2 aromatic rings. The van der Waals surface area contributed by atoms with Crippen LogP contribution in [-0.2, 0) is 20.0 Å². The fraction of sp³-hybridized carbons (Fsp3) is 0.333. The van der Waals surface area contributed by atoms with Crippen molar-refractivity contribution < 1.29 is 30.7 Å². The molecule has 0 spiro atoms. The Kier molecular flexibility index (Phi) is 6.01. The minimum atomic E-state index is -4.21. The first kappa shape index (κ1) is 21.3. The molecule has 29 heavy (non-hydrogen) atoms. The van der Waals surface area contributed by atoms with Crippen LogP contribution in [0.3, 0.4) is 0 Å². The molecule has 1 heterocycles. The highest BCUT2D eigenvalue weighted by atomic mass is 32.2. The fourth-order valence-electron chi connectivity index (χ4n) is 3.02. The van der Waals surface area contributed by atoms with E-state index in [1.165, 1.54) is 48.9 Å². The van der Waals surface area contributed by atoms with E-state index in [1.54, 1.807) is 0 Å². The van der Waals surface area contributed by atoms with Crippen LogP contribution in [-0.4, -0.2) is 48.4 Å². The first-order chi connectivity index (χ1) is 13.7. The van der Waals surface area contributed by atoms with Crippen molar-refractivity contribution in [2.24, 2.45) is 0 Å². The normalized spacial score (nSPS) is 15.3. The van der Waals surface area contributed by atoms with Crippen LogP contribution in [0, 0.1) is 5.82 Å². The molecule has 1 saturated heterocycles. The minimum absolute atomic E-state index is 0.0567. The summed E-state index contributed by atoms with van der Waals surface area (Å²) in [7, 11) is -5.37. The van der Waals surface area contributed by atoms with Crippen molar-refractivity contribution >= 4 is 25.7 Å². The molecule has 1 fully saturated rings. The number of hydrogen-bond donors (Lipinski definition) is 1. The largest absolute Gasteiger partial charge is 0.495 e. The molecule has 0 unspecified atom stereocenters. The van der Waals surface area contributed by atoms with Crippen LogP contribution in [0.15, 0.2) is 46.2 Å². The topological polar surface area (TPSA) is 102 Å². The third kappa shape index (κ3) is 4.31. The van der Waals surface area contributed by atoms with Crippen molar-refractivity contribution in [3.05, 3.63) is 42.2 Å². The Morgan fingerprint density at radius 1 is 0.897 bits per heavy atom. The Morgan fingerprint density at radius 2 is 1.48 bits per heavy atom. The van der Waals surface area contributed by atoms with Crippen molar-refractivity contribution in [1.29, 1.82) is 0 Å². The zero-order valence-electron chi connectivity index (χ0n) is 15.9. The molecule has 1 aliphatic heterocycles. The third-order valence-corrected chi connectivity index (χ3v) is 7.81. The van der Waals surface area contributed by atoms with Crippen LogP contribution in [0.2, 0.25) is 0 Å². The van der Waals surface area contributed by atoms with Gasteiger partial charge in [0.05, 0.1) is 29.7 Å². The zero-order chi connectivity index (χ0) is 21.2. The molecule has 0 amide bonds. The summed E-state index contributed by atoms with van der Waals surface area (Å²) in [5.74, 6) is -0.809. The van der Waals surface area contributed by atoms with Crippen molar-refractivity contribution in [1.82, 2.24) is 4.31 Å². The van der Waals surface area contributed by atoms with Gasteiger partial charge < -0.3 is 9.47 Å². The molecule has 1 N–H and O–H groups in total. The van der Waals surface area contributed by atoms with Gasteiger partial charge in [-0.1, -0.05) is 0 Å². The van der Waals surface area contributed by atoms with Gasteiger partial charge in [-0.2, -0.15) is 4.31 Å². The maximum Gasteiger partial charge on any atom is 0.262 e. The van der Waals surface area contributed by atoms with Crippen LogP contribution >= 0.6 is 0 Å². The quantitative estimate of drug-likeness (QED) is 0.704. The van der Waals surface area contributed by atoms with E-state index in [1.807, 2.05) is 0 Å². The number of nitrogens with zero attached hydrogens (tertiary/aromatic N) is 1. The SMILES string of the molecule is COc1ccc(S(=O)(=O)Nc2cc(S(=O)(=O)N3CCCC3)ccc2OC)cc1F. The second-order valence-corrected chi connectivity index (χ2v) is 10.00. The van der Waals surface area contributed by atoms with Gasteiger partial charge in [-0.15, -0.1) is 0 Å². The molecule has 0 radical (unpaired) electrons. The predicted molar refractivity (Wildman–Crippen MR) is 105 cm³/mol. The van der Waals surface area contributed by atoms with E-state index < -0.39 is 25.9 Å². The van der Waals surface area contributed by atoms with Crippen molar-refractivity contribution in [2.45, 2.75) is 22.6 Å². The van der Waals surface area contributed by atoms with Crippen molar-refractivity contribution in [3.8, 4) is 11.5 Å². The lowest BCUT2D eigenvalue weighted by Crippen LogP contribution is -2.28. The summed E-state index contributed by atoms with van der Waals surface area (Å²) in [6, 6.07) is 7.12. The lowest BCUT2D eigenvalue weighted by atomic mass is 10.3. The summed E-state index contributed by atoms with van der Waals surface area (Å²) in [6.45, 7) is 0.834. The van der Waals surface area contributed by atoms with Crippen LogP contribution in [0.1, 0.15) is 12.8 Å². The van der Waals surface area contributed by atoms with E-state index in [0.717, 1.165) is 18.9 Å². The van der Waals surface area contributed by atoms with E-state index in [-0.39, 0.29) is 27.0 Å². The van der Waals surface area contributed by atoms with Crippen molar-refractivity contribution in [3.63, 3.8) is 0 Å². The molecule has 0 atom stereocenters. The van der Waals surface area contributed by atoms with Gasteiger partial charge in [0.2, 0.25) is 10.0 Å². The van der Waals surface area contributed by atoms with Gasteiger partial charge in [0, 0.05) is 13.1 Å². The first-order valence-corrected chi connectivity index (χ1v) is 11.7. The number of rotatable bonds is 7. The highest BCUT2D eigenvalue weighted by Crippen LogP contribution is 2.32. The number of hydrogen-bond acceptors (Lipinski definition) is 6. The van der Waals surface area contributed by atoms with Crippen LogP contribution in [0.4, 0.5) is 10.1 Å². The Hall–Kier alpha value is -2.37. The number of halogens is 1. The Morgan fingerprint density at radius 3 is 2.07 bits per heavy atom. The summed E-state index contributed by atoms with van der Waals surface area (Å²) in [5.41, 5.74) is -0.0657. The molecule has 0 bridgehead atoms. The van der Waals surface area contributed by atoms with Gasteiger partial charge in [-0.3, -0.25) is 4.72 Å². The zero-order valence-corrected chi connectivity index (χ0v) is 17.5. The third-order valence-electron chi connectivity index (χ3n) is 4.55. The highest BCUT2D eigenvalue weighted by molar-refractivity contribution is 7.92.